The molecule has 0 aromatic heterocycles. The Bertz CT molecular complexity index is 403. The second kappa shape index (κ2) is 7.01. The number of carbonyl (C=O) groups is 2. The number of aldehydes is 1. The summed E-state index contributed by atoms with van der Waals surface area (Å²) in [5.74, 6) is 0.291. The SMILES string of the molecule is CC(C)[C@@H](C=O)NC(=O)COc1ccc(Cl)cc1. The Balaban J connectivity index is 2.41. The standard InChI is InChI=1S/C13H16ClNO3/c1-9(2)12(7-16)15-13(17)8-18-11-5-3-10(14)4-6-11/h3-7,9,12H,8H2,1-2H3,(H,15,17)/t12-/m1/s1. The molecule has 4 nitrogen and oxygen atoms in total. The second-order valence-corrected chi connectivity index (χ2v) is 4.65. The average Bonchev–Trinajstić information content (AvgIpc) is 2.35. The van der Waals surface area contributed by atoms with Crippen LogP contribution in [-0.4, -0.2) is 24.8 Å². The van der Waals surface area contributed by atoms with Gasteiger partial charge in [0.25, 0.3) is 5.91 Å². The Kier molecular flexibility index (Phi) is 5.65. The molecule has 98 valence electrons. The molecule has 18 heavy (non-hydrogen) atoms. The third-order valence-electron chi connectivity index (χ3n) is 2.38. The van der Waals surface area contributed by atoms with Crippen molar-refractivity contribution in [1.29, 1.82) is 0 Å². The largest absolute Gasteiger partial charge is 0.484 e. The van der Waals surface area contributed by atoms with E-state index in [0.717, 1.165) is 6.29 Å². The Morgan fingerprint density at radius 3 is 2.50 bits per heavy atom. The van der Waals surface area contributed by atoms with Crippen LogP contribution in [-0.2, 0) is 9.59 Å². The fourth-order valence-corrected chi connectivity index (χ4v) is 1.39. The number of rotatable bonds is 6. The molecular weight excluding hydrogens is 254 g/mol. The molecule has 0 spiro atoms. The van der Waals surface area contributed by atoms with Crippen molar-refractivity contribution in [3.63, 3.8) is 0 Å². The molecule has 1 aromatic rings. The molecule has 0 saturated carbocycles. The van der Waals surface area contributed by atoms with Crippen molar-refractivity contribution >= 4 is 23.8 Å². The van der Waals surface area contributed by atoms with Gasteiger partial charge in [-0.05, 0) is 30.2 Å². The summed E-state index contributed by atoms with van der Waals surface area (Å²) in [5, 5.41) is 3.19. The molecule has 0 aliphatic rings. The van der Waals surface area contributed by atoms with Crippen LogP contribution in [0, 0.1) is 5.92 Å². The van der Waals surface area contributed by atoms with Crippen molar-refractivity contribution in [3.05, 3.63) is 29.3 Å². The molecule has 0 aliphatic carbocycles. The van der Waals surface area contributed by atoms with E-state index in [2.05, 4.69) is 5.32 Å². The highest BCUT2D eigenvalue weighted by Gasteiger charge is 2.15. The maximum Gasteiger partial charge on any atom is 0.258 e. The molecule has 1 atom stereocenters. The van der Waals surface area contributed by atoms with E-state index in [1.807, 2.05) is 13.8 Å². The monoisotopic (exact) mass is 269 g/mol. The Hall–Kier alpha value is -1.55. The third-order valence-corrected chi connectivity index (χ3v) is 2.63. The van der Waals surface area contributed by atoms with Gasteiger partial charge in [0.2, 0.25) is 0 Å². The summed E-state index contributed by atoms with van der Waals surface area (Å²) in [6, 6.07) is 6.23. The van der Waals surface area contributed by atoms with Gasteiger partial charge < -0.3 is 14.8 Å². The van der Waals surface area contributed by atoms with Crippen LogP contribution in [0.1, 0.15) is 13.8 Å². The first-order valence-corrected chi connectivity index (χ1v) is 6.03. The summed E-state index contributed by atoms with van der Waals surface area (Å²) in [6.07, 6.45) is 0.727. The zero-order valence-electron chi connectivity index (χ0n) is 10.4. The van der Waals surface area contributed by atoms with Gasteiger partial charge in [0.05, 0.1) is 6.04 Å². The van der Waals surface area contributed by atoms with Gasteiger partial charge in [-0.3, -0.25) is 4.79 Å². The van der Waals surface area contributed by atoms with Crippen LogP contribution in [0.25, 0.3) is 0 Å². The van der Waals surface area contributed by atoms with Gasteiger partial charge in [0.1, 0.15) is 12.0 Å². The molecule has 0 bridgehead atoms. The number of hydrogen-bond acceptors (Lipinski definition) is 3. The molecule has 1 aromatic carbocycles. The molecule has 0 heterocycles. The number of hydrogen-bond donors (Lipinski definition) is 1. The van der Waals surface area contributed by atoms with E-state index in [0.29, 0.717) is 10.8 Å². The Morgan fingerprint density at radius 1 is 1.39 bits per heavy atom. The first kappa shape index (κ1) is 14.5. The Labute approximate surface area is 111 Å². The second-order valence-electron chi connectivity index (χ2n) is 4.22. The van der Waals surface area contributed by atoms with Crippen molar-refractivity contribution < 1.29 is 14.3 Å². The summed E-state index contributed by atoms with van der Waals surface area (Å²) in [4.78, 5) is 22.3. The molecule has 5 heteroatoms. The van der Waals surface area contributed by atoms with Crippen LogP contribution >= 0.6 is 11.6 Å². The lowest BCUT2D eigenvalue weighted by Crippen LogP contribution is -2.42. The quantitative estimate of drug-likeness (QED) is 0.805. The smallest absolute Gasteiger partial charge is 0.258 e. The maximum atomic E-state index is 11.5. The minimum Gasteiger partial charge on any atom is -0.484 e. The van der Waals surface area contributed by atoms with Gasteiger partial charge in [-0.2, -0.15) is 0 Å². The molecule has 1 rings (SSSR count). The first-order chi connectivity index (χ1) is 8.52. The summed E-state index contributed by atoms with van der Waals surface area (Å²) < 4.78 is 5.26. The fourth-order valence-electron chi connectivity index (χ4n) is 1.27. The highest BCUT2D eigenvalue weighted by atomic mass is 35.5. The highest BCUT2D eigenvalue weighted by Crippen LogP contribution is 2.15. The maximum absolute atomic E-state index is 11.5. The van der Waals surface area contributed by atoms with Gasteiger partial charge in [-0.15, -0.1) is 0 Å². The zero-order chi connectivity index (χ0) is 13.5. The predicted molar refractivity (Wildman–Crippen MR) is 69.8 cm³/mol. The number of carbonyl (C=O) groups excluding carboxylic acids is 2. The predicted octanol–water partition coefficient (Wildman–Crippen LogP) is 2.06. The fraction of sp³-hybridized carbons (Fsp3) is 0.385. The van der Waals surface area contributed by atoms with E-state index >= 15 is 0 Å². The summed E-state index contributed by atoms with van der Waals surface area (Å²) in [6.45, 7) is 3.59. The molecule has 0 aliphatic heterocycles. The molecule has 0 saturated heterocycles. The molecular formula is C13H16ClNO3. The molecule has 0 fully saturated rings. The van der Waals surface area contributed by atoms with Crippen molar-refractivity contribution in [1.82, 2.24) is 5.32 Å². The van der Waals surface area contributed by atoms with Gasteiger partial charge in [-0.1, -0.05) is 25.4 Å². The van der Waals surface area contributed by atoms with Crippen LogP contribution in [0.15, 0.2) is 24.3 Å². The van der Waals surface area contributed by atoms with Crippen LogP contribution in [0.4, 0.5) is 0 Å². The minimum atomic E-state index is -0.480. The number of amides is 1. The van der Waals surface area contributed by atoms with Crippen LogP contribution in [0.3, 0.4) is 0 Å². The third kappa shape index (κ3) is 4.75. The van der Waals surface area contributed by atoms with Crippen LogP contribution < -0.4 is 10.1 Å². The first-order valence-electron chi connectivity index (χ1n) is 5.66. The lowest BCUT2D eigenvalue weighted by atomic mass is 10.1. The summed E-state index contributed by atoms with van der Waals surface area (Å²) >= 11 is 5.72. The van der Waals surface area contributed by atoms with Crippen LogP contribution in [0.2, 0.25) is 5.02 Å². The van der Waals surface area contributed by atoms with Crippen molar-refractivity contribution in [3.8, 4) is 5.75 Å². The lowest BCUT2D eigenvalue weighted by molar-refractivity contribution is -0.126. The van der Waals surface area contributed by atoms with E-state index in [1.54, 1.807) is 24.3 Å². The van der Waals surface area contributed by atoms with Crippen molar-refractivity contribution in [2.75, 3.05) is 6.61 Å². The van der Waals surface area contributed by atoms with Gasteiger partial charge in [0.15, 0.2) is 6.61 Å². The summed E-state index contributed by atoms with van der Waals surface area (Å²) in [7, 11) is 0. The van der Waals surface area contributed by atoms with Gasteiger partial charge in [0, 0.05) is 5.02 Å². The minimum absolute atomic E-state index is 0.0574. The van der Waals surface area contributed by atoms with E-state index < -0.39 is 6.04 Å². The van der Waals surface area contributed by atoms with Crippen molar-refractivity contribution in [2.45, 2.75) is 19.9 Å². The zero-order valence-corrected chi connectivity index (χ0v) is 11.1. The average molecular weight is 270 g/mol. The number of ether oxygens (including phenoxy) is 1. The van der Waals surface area contributed by atoms with Crippen molar-refractivity contribution in [2.24, 2.45) is 5.92 Å². The highest BCUT2D eigenvalue weighted by molar-refractivity contribution is 6.30. The molecule has 0 radical (unpaired) electrons. The Morgan fingerprint density at radius 2 is 2.00 bits per heavy atom. The van der Waals surface area contributed by atoms with E-state index in [9.17, 15) is 9.59 Å². The van der Waals surface area contributed by atoms with E-state index in [1.165, 1.54) is 0 Å². The number of benzene rings is 1. The van der Waals surface area contributed by atoms with E-state index in [4.69, 9.17) is 16.3 Å². The number of nitrogens with one attached hydrogen (secondary N) is 1. The molecule has 1 N–H and O–H groups in total. The number of halogens is 1. The normalized spacial score (nSPS) is 12.0. The summed E-state index contributed by atoms with van der Waals surface area (Å²) in [5.41, 5.74) is 0. The van der Waals surface area contributed by atoms with Gasteiger partial charge >= 0.3 is 0 Å². The lowest BCUT2D eigenvalue weighted by Gasteiger charge is -2.16. The van der Waals surface area contributed by atoms with Crippen LogP contribution in [0.5, 0.6) is 5.75 Å². The topological polar surface area (TPSA) is 55.4 Å². The van der Waals surface area contributed by atoms with E-state index in [-0.39, 0.29) is 18.4 Å². The molecule has 0 unspecified atom stereocenters. The van der Waals surface area contributed by atoms with Gasteiger partial charge in [-0.25, -0.2) is 0 Å². The molecule has 1 amide bonds.